The van der Waals surface area contributed by atoms with E-state index in [9.17, 15) is 9.59 Å². The van der Waals surface area contributed by atoms with Gasteiger partial charge in [-0.05, 0) is 24.6 Å². The highest BCUT2D eigenvalue weighted by molar-refractivity contribution is 7.14. The molecule has 1 aromatic heterocycles. The largest absolute Gasteiger partial charge is 0.466 e. The first-order chi connectivity index (χ1) is 10.6. The number of anilines is 1. The molecule has 2 rings (SSSR count). The zero-order chi connectivity index (χ0) is 15.9. The molecular weight excluding hydrogens is 324 g/mol. The van der Waals surface area contributed by atoms with Crippen LogP contribution in [-0.4, -0.2) is 23.5 Å². The summed E-state index contributed by atoms with van der Waals surface area (Å²) in [5.41, 5.74) is 2.05. The predicted molar refractivity (Wildman–Crippen MR) is 86.4 cm³/mol. The SMILES string of the molecule is CCOC(=O)Cc1csc(NC(=O)c2ccc(CCl)cc2)n1. The molecule has 0 aliphatic heterocycles. The summed E-state index contributed by atoms with van der Waals surface area (Å²) < 4.78 is 4.85. The Balaban J connectivity index is 1.96. The van der Waals surface area contributed by atoms with E-state index in [1.807, 2.05) is 0 Å². The number of hydrogen-bond acceptors (Lipinski definition) is 5. The Labute approximate surface area is 137 Å². The molecule has 0 aliphatic rings. The molecule has 7 heteroatoms. The van der Waals surface area contributed by atoms with Crippen molar-refractivity contribution in [1.82, 2.24) is 4.98 Å². The van der Waals surface area contributed by atoms with Crippen LogP contribution in [0.3, 0.4) is 0 Å². The van der Waals surface area contributed by atoms with Crippen LogP contribution in [0.15, 0.2) is 29.6 Å². The van der Waals surface area contributed by atoms with Gasteiger partial charge in [-0.15, -0.1) is 22.9 Å². The first-order valence-electron chi connectivity index (χ1n) is 6.68. The lowest BCUT2D eigenvalue weighted by atomic mass is 10.1. The van der Waals surface area contributed by atoms with Crippen molar-refractivity contribution in [3.8, 4) is 0 Å². The quantitative estimate of drug-likeness (QED) is 0.648. The first kappa shape index (κ1) is 16.5. The molecule has 0 spiro atoms. The second kappa shape index (κ2) is 7.91. The average Bonchev–Trinajstić information content (AvgIpc) is 2.94. The highest BCUT2D eigenvalue weighted by atomic mass is 35.5. The van der Waals surface area contributed by atoms with Gasteiger partial charge in [0.1, 0.15) is 0 Å². The maximum absolute atomic E-state index is 12.1. The molecule has 0 bridgehead atoms. The predicted octanol–water partition coefficient (Wildman–Crippen LogP) is 3.24. The van der Waals surface area contributed by atoms with Gasteiger partial charge in [-0.1, -0.05) is 12.1 Å². The summed E-state index contributed by atoms with van der Waals surface area (Å²) >= 11 is 6.98. The van der Waals surface area contributed by atoms with Crippen molar-refractivity contribution < 1.29 is 14.3 Å². The van der Waals surface area contributed by atoms with Gasteiger partial charge < -0.3 is 4.74 Å². The fraction of sp³-hybridized carbons (Fsp3) is 0.267. The second-order valence-corrected chi connectivity index (χ2v) is 5.54. The van der Waals surface area contributed by atoms with Gasteiger partial charge in [0.05, 0.1) is 18.7 Å². The minimum Gasteiger partial charge on any atom is -0.466 e. The van der Waals surface area contributed by atoms with Gasteiger partial charge in [-0.2, -0.15) is 0 Å². The molecule has 0 saturated heterocycles. The van der Waals surface area contributed by atoms with E-state index < -0.39 is 0 Å². The molecule has 2 aromatic rings. The minimum atomic E-state index is -0.331. The number of hydrogen-bond donors (Lipinski definition) is 1. The summed E-state index contributed by atoms with van der Waals surface area (Å²) in [5, 5.41) is 4.88. The fourth-order valence-corrected chi connectivity index (χ4v) is 2.60. The summed E-state index contributed by atoms with van der Waals surface area (Å²) in [4.78, 5) is 27.6. The summed E-state index contributed by atoms with van der Waals surface area (Å²) in [6.45, 7) is 2.09. The van der Waals surface area contributed by atoms with Crippen LogP contribution in [0.2, 0.25) is 0 Å². The number of ether oxygens (including phenoxy) is 1. The van der Waals surface area contributed by atoms with Crippen molar-refractivity contribution in [3.05, 3.63) is 46.5 Å². The molecule has 0 atom stereocenters. The zero-order valence-electron chi connectivity index (χ0n) is 12.0. The molecule has 0 saturated carbocycles. The Bertz CT molecular complexity index is 655. The number of aromatic nitrogens is 1. The van der Waals surface area contributed by atoms with E-state index in [0.717, 1.165) is 5.56 Å². The standard InChI is InChI=1S/C15H15ClN2O3S/c1-2-21-13(19)7-12-9-22-15(17-12)18-14(20)11-5-3-10(8-16)4-6-11/h3-6,9H,2,7-8H2,1H3,(H,17,18,20). The van der Waals surface area contributed by atoms with Crippen molar-refractivity contribution in [1.29, 1.82) is 0 Å². The molecule has 0 unspecified atom stereocenters. The molecule has 1 heterocycles. The van der Waals surface area contributed by atoms with E-state index >= 15 is 0 Å². The molecule has 116 valence electrons. The molecule has 0 aliphatic carbocycles. The summed E-state index contributed by atoms with van der Waals surface area (Å²) in [7, 11) is 0. The fourth-order valence-electron chi connectivity index (χ4n) is 1.72. The number of rotatable bonds is 6. The number of nitrogens with zero attached hydrogens (tertiary/aromatic N) is 1. The van der Waals surface area contributed by atoms with Crippen LogP contribution in [-0.2, 0) is 21.8 Å². The van der Waals surface area contributed by atoms with Gasteiger partial charge in [0.15, 0.2) is 5.13 Å². The normalized spacial score (nSPS) is 10.3. The van der Waals surface area contributed by atoms with Gasteiger partial charge in [0, 0.05) is 16.8 Å². The van der Waals surface area contributed by atoms with E-state index in [0.29, 0.717) is 28.9 Å². The third-order valence-corrected chi connectivity index (χ3v) is 3.89. The van der Waals surface area contributed by atoms with Crippen LogP contribution >= 0.6 is 22.9 Å². The van der Waals surface area contributed by atoms with E-state index in [2.05, 4.69) is 10.3 Å². The van der Waals surface area contributed by atoms with Crippen LogP contribution in [0, 0.1) is 0 Å². The Morgan fingerprint density at radius 2 is 2.05 bits per heavy atom. The van der Waals surface area contributed by atoms with Gasteiger partial charge in [-0.25, -0.2) is 4.98 Å². The van der Waals surface area contributed by atoms with E-state index in [-0.39, 0.29) is 18.3 Å². The number of carbonyl (C=O) groups excluding carboxylic acids is 2. The summed E-state index contributed by atoms with van der Waals surface area (Å²) in [5.74, 6) is -0.175. The van der Waals surface area contributed by atoms with Crippen molar-refractivity contribution in [2.45, 2.75) is 19.2 Å². The number of alkyl halides is 1. The van der Waals surface area contributed by atoms with Gasteiger partial charge in [0.25, 0.3) is 5.91 Å². The van der Waals surface area contributed by atoms with Crippen LogP contribution in [0.25, 0.3) is 0 Å². The minimum absolute atomic E-state index is 0.102. The van der Waals surface area contributed by atoms with Crippen molar-refractivity contribution in [2.24, 2.45) is 0 Å². The van der Waals surface area contributed by atoms with Gasteiger partial charge in [0.2, 0.25) is 0 Å². The molecule has 1 amide bonds. The van der Waals surface area contributed by atoms with Crippen molar-refractivity contribution in [2.75, 3.05) is 11.9 Å². The molecule has 22 heavy (non-hydrogen) atoms. The number of nitrogens with one attached hydrogen (secondary N) is 1. The van der Waals surface area contributed by atoms with Crippen LogP contribution in [0.1, 0.15) is 28.5 Å². The molecule has 1 aromatic carbocycles. The monoisotopic (exact) mass is 338 g/mol. The Hall–Kier alpha value is -1.92. The Morgan fingerprint density at radius 1 is 1.32 bits per heavy atom. The third kappa shape index (κ3) is 4.54. The maximum Gasteiger partial charge on any atom is 0.311 e. The number of amides is 1. The second-order valence-electron chi connectivity index (χ2n) is 4.41. The van der Waals surface area contributed by atoms with Crippen molar-refractivity contribution >= 4 is 39.9 Å². The zero-order valence-corrected chi connectivity index (χ0v) is 13.5. The molecular formula is C15H15ClN2O3S. The average molecular weight is 339 g/mol. The topological polar surface area (TPSA) is 68.3 Å². The smallest absolute Gasteiger partial charge is 0.311 e. The number of carbonyl (C=O) groups is 2. The summed E-state index contributed by atoms with van der Waals surface area (Å²) in [6, 6.07) is 7.02. The molecule has 0 radical (unpaired) electrons. The third-order valence-electron chi connectivity index (χ3n) is 2.77. The lowest BCUT2D eigenvalue weighted by Crippen LogP contribution is -2.12. The van der Waals surface area contributed by atoms with Crippen LogP contribution < -0.4 is 5.32 Å². The Kier molecular flexibility index (Phi) is 5.91. The Morgan fingerprint density at radius 3 is 2.68 bits per heavy atom. The van der Waals surface area contributed by atoms with E-state index in [1.54, 1.807) is 36.6 Å². The van der Waals surface area contributed by atoms with Gasteiger partial charge >= 0.3 is 5.97 Å². The molecule has 0 fully saturated rings. The first-order valence-corrected chi connectivity index (χ1v) is 8.10. The lowest BCUT2D eigenvalue weighted by Gasteiger charge is -2.02. The molecule has 5 nitrogen and oxygen atoms in total. The highest BCUT2D eigenvalue weighted by Crippen LogP contribution is 2.17. The van der Waals surface area contributed by atoms with Crippen LogP contribution in [0.5, 0.6) is 0 Å². The lowest BCUT2D eigenvalue weighted by molar-refractivity contribution is -0.142. The van der Waals surface area contributed by atoms with E-state index in [1.165, 1.54) is 11.3 Å². The number of thiazole rings is 1. The van der Waals surface area contributed by atoms with Crippen molar-refractivity contribution in [3.63, 3.8) is 0 Å². The number of benzene rings is 1. The van der Waals surface area contributed by atoms with Gasteiger partial charge in [-0.3, -0.25) is 14.9 Å². The maximum atomic E-state index is 12.1. The van der Waals surface area contributed by atoms with E-state index in [4.69, 9.17) is 16.3 Å². The molecule has 1 N–H and O–H groups in total. The number of esters is 1. The summed E-state index contributed by atoms with van der Waals surface area (Å²) in [6.07, 6.45) is 0.102. The number of halogens is 1. The highest BCUT2D eigenvalue weighted by Gasteiger charge is 2.11. The van der Waals surface area contributed by atoms with Crippen LogP contribution in [0.4, 0.5) is 5.13 Å².